The molecule has 3 heteroatoms. The molecule has 212 valence electrons. The Morgan fingerprint density at radius 1 is 0.682 bits per heavy atom. The van der Waals surface area contributed by atoms with Crippen LogP contribution in [0.5, 0.6) is 0 Å². The van der Waals surface area contributed by atoms with Gasteiger partial charge in [-0.1, -0.05) is 109 Å². The van der Waals surface area contributed by atoms with Crippen molar-refractivity contribution in [1.29, 1.82) is 0 Å². The number of fused-ring (bicyclic) bond motifs is 4. The molecule has 0 radical (unpaired) electrons. The molecule has 6 aromatic rings. The van der Waals surface area contributed by atoms with Crippen LogP contribution in [0, 0.1) is 0 Å². The van der Waals surface area contributed by atoms with Crippen molar-refractivity contribution in [2.45, 2.75) is 6.92 Å². The molecule has 6 aromatic carbocycles. The van der Waals surface area contributed by atoms with Gasteiger partial charge < -0.3 is 16.0 Å². The van der Waals surface area contributed by atoms with Crippen molar-refractivity contribution in [2.24, 2.45) is 0 Å². The van der Waals surface area contributed by atoms with Crippen LogP contribution in [0.4, 0.5) is 11.4 Å². The summed E-state index contributed by atoms with van der Waals surface area (Å²) in [6.45, 7) is 2.76. The van der Waals surface area contributed by atoms with Gasteiger partial charge in [0.15, 0.2) is 0 Å². The number of hydrogen-bond acceptors (Lipinski definition) is 3. The molecule has 0 aromatic heterocycles. The summed E-state index contributed by atoms with van der Waals surface area (Å²) in [4.78, 5) is 2.23. The van der Waals surface area contributed by atoms with Crippen molar-refractivity contribution in [1.82, 2.24) is 5.32 Å². The van der Waals surface area contributed by atoms with E-state index in [0.29, 0.717) is 0 Å². The van der Waals surface area contributed by atoms with E-state index in [1.54, 1.807) is 0 Å². The molecule has 1 aliphatic heterocycles. The number of nitrogens with two attached hydrogens (primary N) is 1. The third-order valence-corrected chi connectivity index (χ3v) is 9.12. The second kappa shape index (κ2) is 10.3. The van der Waals surface area contributed by atoms with Crippen LogP contribution in [0.1, 0.15) is 18.1 Å². The number of nitrogens with zero attached hydrogens (tertiary/aromatic N) is 1. The second-order valence-electron chi connectivity index (χ2n) is 11.6. The van der Waals surface area contributed by atoms with E-state index in [0.717, 1.165) is 40.4 Å². The zero-order valence-corrected chi connectivity index (χ0v) is 24.9. The van der Waals surface area contributed by atoms with E-state index in [-0.39, 0.29) is 0 Å². The Labute approximate surface area is 258 Å². The van der Waals surface area contributed by atoms with Crippen LogP contribution in [-0.2, 0) is 0 Å². The minimum atomic E-state index is 0.730. The number of anilines is 2. The van der Waals surface area contributed by atoms with Gasteiger partial charge in [-0.25, -0.2) is 0 Å². The fourth-order valence-electron chi connectivity index (χ4n) is 7.02. The third kappa shape index (κ3) is 4.05. The molecular formula is C41H33N3. The molecule has 3 N–H and O–H groups in total. The maximum Gasteiger partial charge on any atom is 0.106 e. The molecule has 0 saturated carbocycles. The lowest BCUT2D eigenvalue weighted by Crippen LogP contribution is -2.32. The topological polar surface area (TPSA) is 41.3 Å². The highest BCUT2D eigenvalue weighted by molar-refractivity contribution is 6.19. The summed E-state index contributed by atoms with van der Waals surface area (Å²) in [6.07, 6.45) is 8.62. The van der Waals surface area contributed by atoms with Crippen LogP contribution in [0.2, 0.25) is 0 Å². The average molecular weight is 568 g/mol. The van der Waals surface area contributed by atoms with E-state index in [9.17, 15) is 0 Å². The van der Waals surface area contributed by atoms with Gasteiger partial charge in [0.1, 0.15) is 5.82 Å². The van der Waals surface area contributed by atoms with E-state index < -0.39 is 0 Å². The first-order chi connectivity index (χ1) is 21.6. The smallest absolute Gasteiger partial charge is 0.106 e. The van der Waals surface area contributed by atoms with Crippen LogP contribution in [0.3, 0.4) is 0 Å². The fourth-order valence-corrected chi connectivity index (χ4v) is 7.02. The fraction of sp³-hybridized carbons (Fsp3) is 0.0732. The Morgan fingerprint density at radius 2 is 1.36 bits per heavy atom. The molecule has 2 aliphatic rings. The first-order valence-corrected chi connectivity index (χ1v) is 15.2. The molecule has 0 atom stereocenters. The van der Waals surface area contributed by atoms with E-state index in [1.165, 1.54) is 54.9 Å². The zero-order chi connectivity index (χ0) is 29.8. The average Bonchev–Trinajstić information content (AvgIpc) is 3.38. The van der Waals surface area contributed by atoms with E-state index in [4.69, 9.17) is 5.73 Å². The van der Waals surface area contributed by atoms with Gasteiger partial charge in [0, 0.05) is 30.4 Å². The number of nitrogens with one attached hydrogen (secondary N) is 1. The Morgan fingerprint density at radius 3 is 2.07 bits per heavy atom. The normalized spacial score (nSPS) is 13.6. The Bertz CT molecular complexity index is 2150. The SMILES string of the molecule is C/C=C\c1c(N)ccc(-c2ccccc2)c1N(C)C1=CC=C(c2ccc3c4c(cccc24)-c2cc4ccccc4cc2-3)CN1. The quantitative estimate of drug-likeness (QED) is 0.203. The predicted octanol–water partition coefficient (Wildman–Crippen LogP) is 9.89. The van der Waals surface area contributed by atoms with Crippen molar-refractivity contribution in [3.63, 3.8) is 0 Å². The van der Waals surface area contributed by atoms with Crippen molar-refractivity contribution >= 4 is 44.6 Å². The maximum absolute atomic E-state index is 6.53. The lowest BCUT2D eigenvalue weighted by atomic mass is 9.93. The summed E-state index contributed by atoms with van der Waals surface area (Å²) in [7, 11) is 2.12. The monoisotopic (exact) mass is 567 g/mol. The molecule has 0 bridgehead atoms. The van der Waals surface area contributed by atoms with Gasteiger partial charge in [-0.3, -0.25) is 0 Å². The molecule has 0 unspecified atom stereocenters. The van der Waals surface area contributed by atoms with Gasteiger partial charge in [-0.2, -0.15) is 0 Å². The van der Waals surface area contributed by atoms with E-state index in [1.807, 2.05) is 13.0 Å². The predicted molar refractivity (Wildman–Crippen MR) is 189 cm³/mol. The first kappa shape index (κ1) is 26.1. The minimum Gasteiger partial charge on any atom is -0.398 e. The van der Waals surface area contributed by atoms with Crippen LogP contribution in [-0.4, -0.2) is 13.6 Å². The van der Waals surface area contributed by atoms with Crippen molar-refractivity contribution in [3.05, 3.63) is 144 Å². The molecule has 0 fully saturated rings. The van der Waals surface area contributed by atoms with Gasteiger partial charge in [-0.15, -0.1) is 0 Å². The van der Waals surface area contributed by atoms with Crippen molar-refractivity contribution < 1.29 is 0 Å². The van der Waals surface area contributed by atoms with Gasteiger partial charge in [0.25, 0.3) is 0 Å². The van der Waals surface area contributed by atoms with Gasteiger partial charge in [0.2, 0.25) is 0 Å². The molecule has 0 saturated heterocycles. The number of allylic oxidation sites excluding steroid dienone is 3. The van der Waals surface area contributed by atoms with Gasteiger partial charge >= 0.3 is 0 Å². The van der Waals surface area contributed by atoms with Crippen LogP contribution < -0.4 is 16.0 Å². The van der Waals surface area contributed by atoms with Gasteiger partial charge in [-0.05, 0) is 91.7 Å². The summed E-state index contributed by atoms with van der Waals surface area (Å²) in [6, 6.07) is 39.4. The number of nitrogen functional groups attached to an aromatic ring is 1. The number of hydrogen-bond donors (Lipinski definition) is 2. The zero-order valence-electron chi connectivity index (χ0n) is 24.9. The molecule has 1 heterocycles. The third-order valence-electron chi connectivity index (χ3n) is 9.12. The Balaban J connectivity index is 1.21. The molecule has 0 spiro atoms. The summed E-state index contributed by atoms with van der Waals surface area (Å²) in [5.41, 5.74) is 19.6. The molecular weight excluding hydrogens is 534 g/mol. The molecule has 44 heavy (non-hydrogen) atoms. The van der Waals surface area contributed by atoms with Crippen LogP contribution in [0.15, 0.2) is 133 Å². The molecule has 1 aliphatic carbocycles. The highest BCUT2D eigenvalue weighted by atomic mass is 15.2. The second-order valence-corrected chi connectivity index (χ2v) is 11.6. The van der Waals surface area contributed by atoms with Crippen molar-refractivity contribution in [3.8, 4) is 33.4 Å². The largest absolute Gasteiger partial charge is 0.398 e. The number of benzene rings is 6. The summed E-state index contributed by atoms with van der Waals surface area (Å²) < 4.78 is 0. The van der Waals surface area contributed by atoms with Crippen LogP contribution in [0.25, 0.3) is 66.6 Å². The first-order valence-electron chi connectivity index (χ1n) is 15.2. The van der Waals surface area contributed by atoms with E-state index in [2.05, 4.69) is 145 Å². The summed E-state index contributed by atoms with van der Waals surface area (Å²) in [5.74, 6) is 1.03. The maximum atomic E-state index is 6.53. The highest BCUT2D eigenvalue weighted by Gasteiger charge is 2.25. The number of rotatable bonds is 5. The van der Waals surface area contributed by atoms with Gasteiger partial charge in [0.05, 0.1) is 5.69 Å². The number of dihydropyridines is 1. The van der Waals surface area contributed by atoms with E-state index >= 15 is 0 Å². The highest BCUT2D eigenvalue weighted by Crippen LogP contribution is 2.50. The van der Waals surface area contributed by atoms with Crippen LogP contribution >= 0.6 is 0 Å². The molecule has 3 nitrogen and oxygen atoms in total. The minimum absolute atomic E-state index is 0.730. The standard InChI is InChI=1S/C41H33N3/c1-3-10-35-38(42)21-20-31(26-11-5-4-6-12-26)41(35)44(2)39-22-17-29(25-43-39)30-18-19-34-37-24-28-14-8-7-13-27(28)23-36(37)33-16-9-15-32(30)40(33)34/h3-24,43H,25,42H2,1-2H3/b10-3-. The Hall–Kier alpha value is -5.54. The summed E-state index contributed by atoms with van der Waals surface area (Å²) in [5, 5.41) is 8.96. The lowest BCUT2D eigenvalue weighted by Gasteiger charge is -2.30. The van der Waals surface area contributed by atoms with Crippen molar-refractivity contribution in [2.75, 3.05) is 24.2 Å². The molecule has 8 rings (SSSR count). The molecule has 0 amide bonds. The summed E-state index contributed by atoms with van der Waals surface area (Å²) >= 11 is 0. The Kier molecular flexibility index (Phi) is 6.13. The lowest BCUT2D eigenvalue weighted by molar-refractivity contribution is 0.844.